The Morgan fingerprint density at radius 1 is 1.13 bits per heavy atom. The molecule has 126 valence electrons. The lowest BCUT2D eigenvalue weighted by atomic mass is 9.79. The fourth-order valence-electron chi connectivity index (χ4n) is 2.93. The van der Waals surface area contributed by atoms with Crippen LogP contribution >= 0.6 is 0 Å². The number of hydrogen-bond donors (Lipinski definition) is 0. The van der Waals surface area contributed by atoms with E-state index in [2.05, 4.69) is 27.7 Å². The fourth-order valence-corrected chi connectivity index (χ4v) is 2.93. The van der Waals surface area contributed by atoms with Gasteiger partial charge in [0.25, 0.3) is 6.43 Å². The number of halogens is 2. The van der Waals surface area contributed by atoms with Crippen LogP contribution in [0.5, 0.6) is 5.75 Å². The highest BCUT2D eigenvalue weighted by atomic mass is 19.3. The second kappa shape index (κ2) is 5.74. The predicted molar refractivity (Wildman–Crippen MR) is 85.1 cm³/mol. The van der Waals surface area contributed by atoms with Crippen LogP contribution in [0, 0.1) is 0 Å². The Morgan fingerprint density at radius 2 is 1.70 bits per heavy atom. The standard InChI is InChI=1S/C17H23BF2O3/c1-16(2)17(3,4)23-18(22-16)14-9-13(14)11-5-7-12(8-6-11)21-10-15(19)20/h5-8,13-15H,9-10H2,1-4H3/t13-,14+/m1/s1. The molecule has 0 N–H and O–H groups in total. The second-order valence-corrected chi connectivity index (χ2v) is 7.40. The summed E-state index contributed by atoms with van der Waals surface area (Å²) in [6.07, 6.45) is -1.43. The molecule has 1 heterocycles. The molecule has 3 nitrogen and oxygen atoms in total. The highest BCUT2D eigenvalue weighted by Crippen LogP contribution is 2.58. The van der Waals surface area contributed by atoms with Crippen molar-refractivity contribution in [1.29, 1.82) is 0 Å². The van der Waals surface area contributed by atoms with Crippen LogP contribution in [0.4, 0.5) is 8.78 Å². The van der Waals surface area contributed by atoms with Crippen molar-refractivity contribution >= 4 is 7.12 Å². The van der Waals surface area contributed by atoms with Gasteiger partial charge in [0.05, 0.1) is 11.2 Å². The molecule has 1 aliphatic carbocycles. The van der Waals surface area contributed by atoms with E-state index in [-0.39, 0.29) is 18.3 Å². The Balaban J connectivity index is 1.59. The molecule has 6 heteroatoms. The van der Waals surface area contributed by atoms with Gasteiger partial charge < -0.3 is 14.0 Å². The third-order valence-electron chi connectivity index (χ3n) is 5.15. The summed E-state index contributed by atoms with van der Waals surface area (Å²) < 4.78 is 41.5. The van der Waals surface area contributed by atoms with Crippen LogP contribution in [0.3, 0.4) is 0 Å². The molecule has 0 spiro atoms. The van der Waals surface area contributed by atoms with E-state index in [1.807, 2.05) is 12.1 Å². The molecule has 1 aromatic rings. The van der Waals surface area contributed by atoms with Gasteiger partial charge in [0.2, 0.25) is 0 Å². The molecule has 0 unspecified atom stereocenters. The molecule has 2 atom stereocenters. The van der Waals surface area contributed by atoms with Crippen LogP contribution in [-0.4, -0.2) is 31.4 Å². The molecule has 2 fully saturated rings. The average Bonchev–Trinajstić information content (AvgIpc) is 3.20. The molecular formula is C17H23BF2O3. The first-order valence-electron chi connectivity index (χ1n) is 8.06. The lowest BCUT2D eigenvalue weighted by molar-refractivity contribution is 0.00578. The van der Waals surface area contributed by atoms with E-state index in [1.54, 1.807) is 12.1 Å². The fraction of sp³-hybridized carbons (Fsp3) is 0.647. The van der Waals surface area contributed by atoms with Gasteiger partial charge in [-0.05, 0) is 57.7 Å². The SMILES string of the molecule is CC1(C)OB([C@H]2C[C@@H]2c2ccc(OCC(F)F)cc2)OC1(C)C. The first kappa shape index (κ1) is 16.7. The molecule has 1 aromatic carbocycles. The summed E-state index contributed by atoms with van der Waals surface area (Å²) in [5.41, 5.74) is 0.560. The van der Waals surface area contributed by atoms with Gasteiger partial charge in [-0.2, -0.15) is 0 Å². The van der Waals surface area contributed by atoms with E-state index < -0.39 is 13.0 Å². The summed E-state index contributed by atoms with van der Waals surface area (Å²) in [6.45, 7) is 7.65. The van der Waals surface area contributed by atoms with Gasteiger partial charge in [-0.25, -0.2) is 8.78 Å². The normalized spacial score (nSPS) is 28.2. The minimum Gasteiger partial charge on any atom is -0.488 e. The highest BCUT2D eigenvalue weighted by molar-refractivity contribution is 6.49. The van der Waals surface area contributed by atoms with Gasteiger partial charge in [-0.1, -0.05) is 12.1 Å². The van der Waals surface area contributed by atoms with E-state index in [0.29, 0.717) is 17.5 Å². The summed E-state index contributed by atoms with van der Waals surface area (Å²) in [7, 11) is -0.181. The zero-order valence-corrected chi connectivity index (χ0v) is 14.0. The molecule has 0 radical (unpaired) electrons. The van der Waals surface area contributed by atoms with E-state index in [4.69, 9.17) is 14.0 Å². The maximum atomic E-state index is 12.1. The Labute approximate surface area is 136 Å². The predicted octanol–water partition coefficient (Wildman–Crippen LogP) is 4.28. The molecule has 23 heavy (non-hydrogen) atoms. The zero-order chi connectivity index (χ0) is 16.8. The van der Waals surface area contributed by atoms with Crippen LogP contribution in [0.15, 0.2) is 24.3 Å². The van der Waals surface area contributed by atoms with Crippen molar-refractivity contribution in [2.75, 3.05) is 6.61 Å². The van der Waals surface area contributed by atoms with E-state index >= 15 is 0 Å². The zero-order valence-electron chi connectivity index (χ0n) is 14.0. The largest absolute Gasteiger partial charge is 0.488 e. The van der Waals surface area contributed by atoms with Gasteiger partial charge in [0.15, 0.2) is 0 Å². The van der Waals surface area contributed by atoms with Crippen LogP contribution < -0.4 is 4.74 Å². The molecule has 1 aliphatic heterocycles. The van der Waals surface area contributed by atoms with Crippen molar-refractivity contribution in [3.8, 4) is 5.75 Å². The Hall–Kier alpha value is -1.14. The van der Waals surface area contributed by atoms with Crippen molar-refractivity contribution in [1.82, 2.24) is 0 Å². The summed E-state index contributed by atoms with van der Waals surface area (Å²) in [5, 5.41) is 0. The molecule has 1 saturated carbocycles. The molecule has 1 saturated heterocycles. The van der Waals surface area contributed by atoms with Crippen LogP contribution in [-0.2, 0) is 9.31 Å². The first-order chi connectivity index (χ1) is 10.7. The molecular weight excluding hydrogens is 301 g/mol. The number of benzene rings is 1. The number of ether oxygens (including phenoxy) is 1. The number of rotatable bonds is 5. The van der Waals surface area contributed by atoms with Crippen LogP contribution in [0.1, 0.15) is 45.6 Å². The maximum absolute atomic E-state index is 12.1. The van der Waals surface area contributed by atoms with Crippen molar-refractivity contribution in [3.63, 3.8) is 0 Å². The monoisotopic (exact) mass is 324 g/mol. The van der Waals surface area contributed by atoms with E-state index in [9.17, 15) is 8.78 Å². The lowest BCUT2D eigenvalue weighted by Gasteiger charge is -2.32. The minimum atomic E-state index is -2.45. The topological polar surface area (TPSA) is 27.7 Å². The van der Waals surface area contributed by atoms with Crippen molar-refractivity contribution < 1.29 is 22.8 Å². The third-order valence-corrected chi connectivity index (χ3v) is 5.15. The molecule has 0 aromatic heterocycles. The van der Waals surface area contributed by atoms with Gasteiger partial charge in [0, 0.05) is 5.82 Å². The van der Waals surface area contributed by atoms with Crippen molar-refractivity contribution in [3.05, 3.63) is 29.8 Å². The van der Waals surface area contributed by atoms with Crippen LogP contribution in [0.2, 0.25) is 5.82 Å². The Bertz CT molecular complexity index is 543. The third kappa shape index (κ3) is 3.38. The van der Waals surface area contributed by atoms with E-state index in [1.165, 1.54) is 5.56 Å². The van der Waals surface area contributed by atoms with Crippen molar-refractivity contribution in [2.24, 2.45) is 0 Å². The number of alkyl halides is 2. The van der Waals surface area contributed by atoms with Gasteiger partial charge >= 0.3 is 7.12 Å². The summed E-state index contributed by atoms with van der Waals surface area (Å²) >= 11 is 0. The quantitative estimate of drug-likeness (QED) is 0.757. The highest BCUT2D eigenvalue weighted by Gasteiger charge is 2.59. The summed E-state index contributed by atoms with van der Waals surface area (Å²) in [4.78, 5) is 0. The number of hydrogen-bond acceptors (Lipinski definition) is 3. The Kier molecular flexibility index (Phi) is 4.17. The molecule has 0 bridgehead atoms. The Morgan fingerprint density at radius 3 is 2.22 bits per heavy atom. The summed E-state index contributed by atoms with van der Waals surface area (Å²) in [6, 6.07) is 7.38. The molecule has 0 amide bonds. The van der Waals surface area contributed by atoms with Gasteiger partial charge in [0.1, 0.15) is 12.4 Å². The first-order valence-corrected chi connectivity index (χ1v) is 8.06. The van der Waals surface area contributed by atoms with Crippen molar-refractivity contribution in [2.45, 2.75) is 63.5 Å². The van der Waals surface area contributed by atoms with Gasteiger partial charge in [-0.15, -0.1) is 0 Å². The molecule has 3 rings (SSSR count). The lowest BCUT2D eigenvalue weighted by Crippen LogP contribution is -2.41. The van der Waals surface area contributed by atoms with Gasteiger partial charge in [-0.3, -0.25) is 0 Å². The van der Waals surface area contributed by atoms with E-state index in [0.717, 1.165) is 6.42 Å². The van der Waals surface area contributed by atoms with Crippen LogP contribution in [0.25, 0.3) is 0 Å². The minimum absolute atomic E-state index is 0.181. The average molecular weight is 324 g/mol. The second-order valence-electron chi connectivity index (χ2n) is 7.40. The summed E-state index contributed by atoms with van der Waals surface area (Å²) in [5.74, 6) is 1.22. The smallest absolute Gasteiger partial charge is 0.461 e. The maximum Gasteiger partial charge on any atom is 0.461 e. The molecule has 2 aliphatic rings.